The van der Waals surface area contributed by atoms with Crippen LogP contribution in [0.3, 0.4) is 0 Å². The van der Waals surface area contributed by atoms with Crippen LogP contribution < -0.4 is 10.4 Å². The highest BCUT2D eigenvalue weighted by molar-refractivity contribution is 7.16. The Morgan fingerprint density at radius 2 is 1.93 bits per heavy atom. The number of anilines is 1. The molecular weight excluding hydrogens is 202 g/mol. The van der Waals surface area contributed by atoms with Crippen molar-refractivity contribution in [3.8, 4) is 0 Å². The van der Waals surface area contributed by atoms with Crippen molar-refractivity contribution in [3.63, 3.8) is 0 Å². The first-order valence-electron chi connectivity index (χ1n) is 4.02. The maximum atomic E-state index is 10.8. The molecule has 1 rings (SSSR count). The molecule has 1 heterocycles. The van der Waals surface area contributed by atoms with Gasteiger partial charge in [0.2, 0.25) is 5.91 Å². The van der Waals surface area contributed by atoms with Crippen LogP contribution in [0, 0.1) is 13.8 Å². The van der Waals surface area contributed by atoms with E-state index in [4.69, 9.17) is 0 Å². The number of aromatic carboxylic acids is 1. The molecule has 0 aliphatic rings. The topological polar surface area (TPSA) is 69.2 Å². The van der Waals surface area contributed by atoms with Crippen LogP contribution in [0.15, 0.2) is 0 Å². The molecule has 1 aromatic heterocycles. The van der Waals surface area contributed by atoms with E-state index in [1.807, 2.05) is 0 Å². The fraction of sp³-hybridized carbons (Fsp3) is 0.333. The molecule has 0 radical (unpaired) electrons. The Morgan fingerprint density at radius 1 is 1.36 bits per heavy atom. The van der Waals surface area contributed by atoms with Crippen LogP contribution in [0.4, 0.5) is 5.00 Å². The molecule has 0 aliphatic heterocycles. The lowest BCUT2D eigenvalue weighted by Gasteiger charge is -2.05. The molecule has 0 aromatic carbocycles. The number of thiophene rings is 1. The summed E-state index contributed by atoms with van der Waals surface area (Å²) in [6.45, 7) is 4.84. The van der Waals surface area contributed by atoms with E-state index in [0.29, 0.717) is 10.6 Å². The average Bonchev–Trinajstić information content (AvgIpc) is 2.26. The van der Waals surface area contributed by atoms with Gasteiger partial charge >= 0.3 is 0 Å². The Kier molecular flexibility index (Phi) is 2.90. The zero-order valence-corrected chi connectivity index (χ0v) is 8.95. The summed E-state index contributed by atoms with van der Waals surface area (Å²) < 4.78 is 0. The maximum absolute atomic E-state index is 10.8. The minimum Gasteiger partial charge on any atom is -0.545 e. The molecule has 0 saturated carbocycles. The molecule has 0 atom stereocenters. The first kappa shape index (κ1) is 10.7. The number of rotatable bonds is 2. The van der Waals surface area contributed by atoms with Gasteiger partial charge in [0.05, 0.1) is 5.97 Å². The molecule has 1 amide bonds. The van der Waals surface area contributed by atoms with Crippen LogP contribution in [0.1, 0.15) is 27.7 Å². The number of hydrogen-bond acceptors (Lipinski definition) is 4. The van der Waals surface area contributed by atoms with Crippen LogP contribution in [0.2, 0.25) is 0 Å². The zero-order valence-electron chi connectivity index (χ0n) is 8.13. The zero-order chi connectivity index (χ0) is 10.9. The predicted molar refractivity (Wildman–Crippen MR) is 52.4 cm³/mol. The van der Waals surface area contributed by atoms with Gasteiger partial charge in [-0.25, -0.2) is 0 Å². The van der Waals surface area contributed by atoms with E-state index in [1.165, 1.54) is 18.3 Å². The number of carboxylic acid groups (broad SMARTS) is 1. The maximum Gasteiger partial charge on any atom is 0.221 e. The number of nitrogens with one attached hydrogen (secondary N) is 1. The summed E-state index contributed by atoms with van der Waals surface area (Å²) in [5, 5.41) is 13.6. The molecule has 14 heavy (non-hydrogen) atoms. The van der Waals surface area contributed by atoms with Crippen LogP contribution in [-0.2, 0) is 4.79 Å². The van der Waals surface area contributed by atoms with Crippen molar-refractivity contribution < 1.29 is 14.7 Å². The molecule has 0 bridgehead atoms. The summed E-state index contributed by atoms with van der Waals surface area (Å²) in [5.41, 5.74) is 0.737. The lowest BCUT2D eigenvalue weighted by atomic mass is 10.1. The van der Waals surface area contributed by atoms with Gasteiger partial charge in [-0.1, -0.05) is 0 Å². The fourth-order valence-corrected chi connectivity index (χ4v) is 2.22. The third-order valence-corrected chi connectivity index (χ3v) is 3.00. The van der Waals surface area contributed by atoms with E-state index in [2.05, 4.69) is 5.32 Å². The van der Waals surface area contributed by atoms with E-state index in [-0.39, 0.29) is 11.5 Å². The van der Waals surface area contributed by atoms with Crippen molar-refractivity contribution in [2.75, 3.05) is 5.32 Å². The summed E-state index contributed by atoms with van der Waals surface area (Å²) in [6, 6.07) is 0. The molecule has 0 fully saturated rings. The first-order valence-corrected chi connectivity index (χ1v) is 4.84. The smallest absolute Gasteiger partial charge is 0.221 e. The molecule has 76 valence electrons. The summed E-state index contributed by atoms with van der Waals surface area (Å²) in [6.07, 6.45) is 0. The van der Waals surface area contributed by atoms with Gasteiger partial charge in [-0.15, -0.1) is 11.3 Å². The van der Waals surface area contributed by atoms with Gasteiger partial charge in [-0.05, 0) is 19.4 Å². The third-order valence-electron chi connectivity index (χ3n) is 1.88. The van der Waals surface area contributed by atoms with Gasteiger partial charge in [0.15, 0.2) is 0 Å². The van der Waals surface area contributed by atoms with Gasteiger partial charge in [0.1, 0.15) is 5.00 Å². The Hall–Kier alpha value is -1.36. The fourth-order valence-electron chi connectivity index (χ4n) is 1.12. The van der Waals surface area contributed by atoms with Crippen molar-refractivity contribution in [1.29, 1.82) is 0 Å². The minimum atomic E-state index is -1.25. The van der Waals surface area contributed by atoms with Gasteiger partial charge < -0.3 is 15.2 Å². The largest absolute Gasteiger partial charge is 0.545 e. The number of hydrogen-bond donors (Lipinski definition) is 1. The second-order valence-electron chi connectivity index (χ2n) is 2.96. The Morgan fingerprint density at radius 3 is 2.36 bits per heavy atom. The molecular formula is C9H10NO3S-. The Bertz CT molecular complexity index is 395. The summed E-state index contributed by atoms with van der Waals surface area (Å²) in [4.78, 5) is 22.4. The molecule has 0 spiro atoms. The predicted octanol–water partition coefficient (Wildman–Crippen LogP) is 0.687. The van der Waals surface area contributed by atoms with E-state index in [9.17, 15) is 14.7 Å². The van der Waals surface area contributed by atoms with Crippen LogP contribution in [0.5, 0.6) is 0 Å². The van der Waals surface area contributed by atoms with Gasteiger partial charge in [-0.2, -0.15) is 0 Å². The van der Waals surface area contributed by atoms with Gasteiger partial charge in [0.25, 0.3) is 0 Å². The Labute approximate surface area is 85.6 Å². The van der Waals surface area contributed by atoms with Crippen molar-refractivity contribution in [2.24, 2.45) is 0 Å². The third kappa shape index (κ3) is 1.93. The highest BCUT2D eigenvalue weighted by Gasteiger charge is 2.13. The highest BCUT2D eigenvalue weighted by Crippen LogP contribution is 2.31. The van der Waals surface area contributed by atoms with Crippen molar-refractivity contribution in [1.82, 2.24) is 0 Å². The Balaban J connectivity index is 3.22. The second kappa shape index (κ2) is 3.79. The number of amides is 1. The summed E-state index contributed by atoms with van der Waals surface area (Å²) >= 11 is 1.24. The van der Waals surface area contributed by atoms with Crippen molar-refractivity contribution in [2.45, 2.75) is 20.8 Å². The summed E-state index contributed by atoms with van der Waals surface area (Å²) in [7, 11) is 0. The number of carboxylic acids is 1. The molecule has 0 aliphatic carbocycles. The van der Waals surface area contributed by atoms with Crippen molar-refractivity contribution >= 4 is 28.2 Å². The molecule has 1 N–H and O–H groups in total. The molecule has 5 heteroatoms. The number of carbonyl (C=O) groups excluding carboxylic acids is 2. The van der Waals surface area contributed by atoms with Crippen LogP contribution in [-0.4, -0.2) is 11.9 Å². The molecule has 0 unspecified atom stereocenters. The summed E-state index contributed by atoms with van der Waals surface area (Å²) in [5.74, 6) is -1.54. The molecule has 1 aromatic rings. The van der Waals surface area contributed by atoms with E-state index in [1.54, 1.807) is 13.8 Å². The highest BCUT2D eigenvalue weighted by atomic mass is 32.1. The lowest BCUT2D eigenvalue weighted by Crippen LogP contribution is -2.24. The second-order valence-corrected chi connectivity index (χ2v) is 4.18. The number of aryl methyl sites for hydroxylation is 1. The standard InChI is InChI=1S/C9H11NO3S/c1-4-5(2)14-8(10-6(3)11)7(4)9(12)13/h1-3H3,(H,10,11)(H,12,13)/p-1. The normalized spacial score (nSPS) is 9.93. The minimum absolute atomic E-state index is 0.0858. The quantitative estimate of drug-likeness (QED) is 0.784. The van der Waals surface area contributed by atoms with Crippen molar-refractivity contribution in [3.05, 3.63) is 16.0 Å². The van der Waals surface area contributed by atoms with Gasteiger partial charge in [0, 0.05) is 17.4 Å². The van der Waals surface area contributed by atoms with E-state index >= 15 is 0 Å². The van der Waals surface area contributed by atoms with E-state index in [0.717, 1.165) is 4.88 Å². The lowest BCUT2D eigenvalue weighted by molar-refractivity contribution is -0.254. The first-order chi connectivity index (χ1) is 6.43. The molecule has 0 saturated heterocycles. The monoisotopic (exact) mass is 212 g/mol. The average molecular weight is 212 g/mol. The number of carbonyl (C=O) groups is 2. The molecule has 4 nitrogen and oxygen atoms in total. The van der Waals surface area contributed by atoms with Crippen LogP contribution in [0.25, 0.3) is 0 Å². The SMILES string of the molecule is CC(=O)Nc1sc(C)c(C)c1C(=O)[O-]. The van der Waals surface area contributed by atoms with Gasteiger partial charge in [-0.3, -0.25) is 4.79 Å². The van der Waals surface area contributed by atoms with E-state index < -0.39 is 5.97 Å². The van der Waals surface area contributed by atoms with Crippen LogP contribution >= 0.6 is 11.3 Å².